The first kappa shape index (κ1) is 27.2. The summed E-state index contributed by atoms with van der Waals surface area (Å²) in [5.41, 5.74) is 3.71. The first-order chi connectivity index (χ1) is 16.9. The topological polar surface area (TPSA) is 176 Å². The molecule has 16 heteroatoms. The number of halogens is 3. The number of ether oxygens (including phenoxy) is 2. The first-order valence-corrected chi connectivity index (χ1v) is 11.4. The Labute approximate surface area is 217 Å². The average Bonchev–Trinajstić information content (AvgIpc) is 2.82. The third kappa shape index (κ3) is 5.87. The molecule has 13 nitrogen and oxygen atoms in total. The van der Waals surface area contributed by atoms with Gasteiger partial charge in [-0.15, -0.1) is 10.2 Å². The molecular weight excluding hydrogens is 541 g/mol. The first-order valence-electron chi connectivity index (χ1n) is 10.2. The van der Waals surface area contributed by atoms with Crippen LogP contribution in [0.5, 0.6) is 11.6 Å². The highest BCUT2D eigenvalue weighted by molar-refractivity contribution is 6.37. The Morgan fingerprint density at radius 2 is 1.78 bits per heavy atom. The summed E-state index contributed by atoms with van der Waals surface area (Å²) in [5.74, 6) is -1.49. The lowest BCUT2D eigenvalue weighted by Crippen LogP contribution is -2.33. The van der Waals surface area contributed by atoms with Gasteiger partial charge in [0.25, 0.3) is 11.1 Å². The summed E-state index contributed by atoms with van der Waals surface area (Å²) < 4.78 is 12.6. The molecule has 0 saturated heterocycles. The molecule has 0 aliphatic carbocycles. The maximum Gasteiger partial charge on any atom is 0.349 e. The Balaban J connectivity index is 1.99. The number of aromatic nitrogens is 5. The molecule has 0 unspecified atom stereocenters. The quantitative estimate of drug-likeness (QED) is 0.272. The van der Waals surface area contributed by atoms with Gasteiger partial charge in [0.15, 0.2) is 12.5 Å². The fourth-order valence-electron chi connectivity index (χ4n) is 2.84. The van der Waals surface area contributed by atoms with Gasteiger partial charge in [-0.1, -0.05) is 37.0 Å². The molecule has 0 spiro atoms. The van der Waals surface area contributed by atoms with Crippen LogP contribution in [0.2, 0.25) is 10.0 Å². The fourth-order valence-corrected chi connectivity index (χ4v) is 3.48. The predicted octanol–water partition coefficient (Wildman–Crippen LogP) is 1.91. The van der Waals surface area contributed by atoms with E-state index in [4.69, 9.17) is 50.2 Å². The van der Waals surface area contributed by atoms with Gasteiger partial charge in [0, 0.05) is 11.6 Å². The summed E-state index contributed by atoms with van der Waals surface area (Å²) in [6.45, 7) is 4.54. The summed E-state index contributed by atoms with van der Waals surface area (Å²) in [6.07, 6.45) is 0. The van der Waals surface area contributed by atoms with Crippen LogP contribution in [-0.4, -0.2) is 36.6 Å². The molecule has 4 N–H and O–H groups in total. The van der Waals surface area contributed by atoms with Crippen LogP contribution in [0.25, 0.3) is 5.69 Å². The summed E-state index contributed by atoms with van der Waals surface area (Å²) in [5, 5.41) is 7.70. The lowest BCUT2D eigenvalue weighted by atomic mass is 10.1. The Kier molecular flexibility index (Phi) is 8.40. The molecule has 36 heavy (non-hydrogen) atoms. The number of rotatable bonds is 8. The zero-order valence-corrected chi connectivity index (χ0v) is 21.3. The zero-order valence-electron chi connectivity index (χ0n) is 19.0. The highest BCUT2D eigenvalue weighted by atomic mass is 35.5. The fraction of sp³-hybridized carbons (Fsp3) is 0.300. The van der Waals surface area contributed by atoms with Crippen molar-refractivity contribution in [3.05, 3.63) is 65.0 Å². The molecular formula is C20H20Cl3N7O6. The van der Waals surface area contributed by atoms with Gasteiger partial charge in [-0.25, -0.2) is 9.63 Å². The monoisotopic (exact) mass is 559 g/mol. The zero-order chi connectivity index (χ0) is 26.7. The second kappa shape index (κ2) is 11.1. The van der Waals surface area contributed by atoms with E-state index in [0.29, 0.717) is 5.56 Å². The van der Waals surface area contributed by atoms with Crippen LogP contribution in [0, 0.1) is 0 Å². The lowest BCUT2D eigenvalue weighted by molar-refractivity contribution is -0.149. The van der Waals surface area contributed by atoms with E-state index in [2.05, 4.69) is 15.0 Å². The van der Waals surface area contributed by atoms with E-state index < -0.39 is 41.4 Å². The smallest absolute Gasteiger partial charge is 0.349 e. The Bertz CT molecular complexity index is 1460. The van der Waals surface area contributed by atoms with E-state index in [0.717, 1.165) is 9.36 Å². The van der Waals surface area contributed by atoms with Gasteiger partial charge in [-0.05, 0) is 36.8 Å². The van der Waals surface area contributed by atoms with Crippen LogP contribution in [0.1, 0.15) is 32.3 Å². The SMILES string of the molecule is CC(C)c1cc(Oc2c(Cl)cc(-n3nc(N)c(=O)[nH]c3=O)cc2Cl)nn(COC(=O)[C@H](C)NCl)c1=O. The molecule has 0 saturated carbocycles. The third-order valence-corrected chi connectivity index (χ3v) is 5.62. The molecule has 0 radical (unpaired) electrons. The summed E-state index contributed by atoms with van der Waals surface area (Å²) in [6, 6.07) is 3.19. The number of H-pyrrole nitrogens is 1. The Morgan fingerprint density at radius 1 is 1.14 bits per heavy atom. The number of nitrogen functional groups attached to an aromatic ring is 1. The van der Waals surface area contributed by atoms with Gasteiger partial charge < -0.3 is 15.2 Å². The van der Waals surface area contributed by atoms with Crippen molar-refractivity contribution in [1.82, 2.24) is 29.4 Å². The van der Waals surface area contributed by atoms with Gasteiger partial charge in [0.2, 0.25) is 11.7 Å². The summed E-state index contributed by atoms with van der Waals surface area (Å²) >= 11 is 18.1. The van der Waals surface area contributed by atoms with Crippen LogP contribution in [0.15, 0.2) is 32.6 Å². The maximum absolute atomic E-state index is 12.8. The summed E-state index contributed by atoms with van der Waals surface area (Å²) in [7, 11) is 0. The van der Waals surface area contributed by atoms with E-state index in [9.17, 15) is 19.2 Å². The van der Waals surface area contributed by atoms with Gasteiger partial charge in [-0.2, -0.15) is 9.36 Å². The molecule has 192 valence electrons. The number of carbonyl (C=O) groups is 1. The second-order valence-corrected chi connectivity index (χ2v) is 8.75. The lowest BCUT2D eigenvalue weighted by Gasteiger charge is -2.15. The molecule has 0 aliphatic rings. The van der Waals surface area contributed by atoms with Gasteiger partial charge in [0.1, 0.15) is 6.04 Å². The Hall–Kier alpha value is -3.39. The van der Waals surface area contributed by atoms with E-state index in [1.54, 1.807) is 13.8 Å². The van der Waals surface area contributed by atoms with Crippen LogP contribution < -0.4 is 32.1 Å². The molecule has 0 amide bonds. The number of nitrogens with zero attached hydrogens (tertiary/aromatic N) is 4. The number of carbonyl (C=O) groups excluding carboxylic acids is 1. The number of anilines is 1. The number of nitrogens with one attached hydrogen (secondary N) is 2. The second-order valence-electron chi connectivity index (χ2n) is 7.72. The molecule has 1 atom stereocenters. The van der Waals surface area contributed by atoms with Crippen molar-refractivity contribution in [2.24, 2.45) is 0 Å². The number of hydrogen-bond donors (Lipinski definition) is 3. The number of nitrogens with two attached hydrogens (primary N) is 1. The normalized spacial score (nSPS) is 12.0. The van der Waals surface area contributed by atoms with Crippen LogP contribution in [0.4, 0.5) is 5.82 Å². The largest absolute Gasteiger partial charge is 0.441 e. The van der Waals surface area contributed by atoms with Crippen LogP contribution >= 0.6 is 35.0 Å². The highest BCUT2D eigenvalue weighted by Crippen LogP contribution is 2.37. The van der Waals surface area contributed by atoms with Crippen molar-refractivity contribution in [3.63, 3.8) is 0 Å². The summed E-state index contributed by atoms with van der Waals surface area (Å²) in [4.78, 5) is 52.5. The van der Waals surface area contributed by atoms with Crippen molar-refractivity contribution in [2.75, 3.05) is 5.73 Å². The molecule has 0 aliphatic heterocycles. The van der Waals surface area contributed by atoms with Crippen molar-refractivity contribution in [2.45, 2.75) is 39.5 Å². The maximum atomic E-state index is 12.8. The number of aromatic amines is 1. The number of benzene rings is 1. The minimum absolute atomic E-state index is 0.0445. The van der Waals surface area contributed by atoms with Crippen LogP contribution in [0.3, 0.4) is 0 Å². The molecule has 3 aromatic rings. The van der Waals surface area contributed by atoms with Gasteiger partial charge >= 0.3 is 11.7 Å². The van der Waals surface area contributed by atoms with Crippen molar-refractivity contribution < 1.29 is 14.3 Å². The molecule has 3 rings (SSSR count). The van der Waals surface area contributed by atoms with Gasteiger partial charge in [-0.3, -0.25) is 19.4 Å². The average molecular weight is 561 g/mol. The third-order valence-electron chi connectivity index (χ3n) is 4.74. The molecule has 2 aromatic heterocycles. The van der Waals surface area contributed by atoms with E-state index in [1.165, 1.54) is 25.1 Å². The molecule has 1 aromatic carbocycles. The highest BCUT2D eigenvalue weighted by Gasteiger charge is 2.19. The molecule has 0 fully saturated rings. The van der Waals surface area contributed by atoms with Gasteiger partial charge in [0.05, 0.1) is 15.7 Å². The minimum atomic E-state index is -0.862. The number of esters is 1. The van der Waals surface area contributed by atoms with Crippen molar-refractivity contribution >= 4 is 46.8 Å². The van der Waals surface area contributed by atoms with E-state index in [-0.39, 0.29) is 33.3 Å². The van der Waals surface area contributed by atoms with Crippen molar-refractivity contribution in [3.8, 4) is 17.3 Å². The van der Waals surface area contributed by atoms with Crippen molar-refractivity contribution in [1.29, 1.82) is 0 Å². The van der Waals surface area contributed by atoms with E-state index in [1.807, 2.05) is 4.98 Å². The molecule has 0 bridgehead atoms. The standard InChI is InChI=1S/C20H20Cl3N7O6/c1-8(2)11-6-14(27-29(18(11)32)7-35-19(33)9(3)26-23)36-15-12(21)4-10(5-13(15)22)30-20(34)25-17(31)16(24)28-30/h4-6,8-9,26H,7H2,1-3H3,(H2,24,28)(H,25,31,34)/t9-/m0/s1. The number of hydrogen-bond acceptors (Lipinski definition) is 10. The minimum Gasteiger partial charge on any atom is -0.441 e. The van der Waals surface area contributed by atoms with E-state index >= 15 is 0 Å². The predicted molar refractivity (Wildman–Crippen MR) is 132 cm³/mol. The Morgan fingerprint density at radius 3 is 2.36 bits per heavy atom. The van der Waals surface area contributed by atoms with Crippen LogP contribution in [-0.2, 0) is 16.3 Å². The molecule has 2 heterocycles.